The number of aromatic nitrogens is 2. The molecule has 1 fully saturated rings. The quantitative estimate of drug-likeness (QED) is 0.397. The molecule has 2 N–H and O–H groups in total. The van der Waals surface area contributed by atoms with E-state index >= 15 is 0 Å². The zero-order chi connectivity index (χ0) is 23.9. The van der Waals surface area contributed by atoms with E-state index in [0.29, 0.717) is 48.1 Å². The lowest BCUT2D eigenvalue weighted by Gasteiger charge is -2.26. The lowest BCUT2D eigenvalue weighted by atomic mass is 9.90. The molecule has 4 aromatic rings. The van der Waals surface area contributed by atoms with E-state index in [1.54, 1.807) is 30.3 Å². The molecule has 5 nitrogen and oxygen atoms in total. The van der Waals surface area contributed by atoms with E-state index < -0.39 is 11.9 Å². The van der Waals surface area contributed by atoms with Crippen molar-refractivity contribution in [3.05, 3.63) is 77.7 Å². The molecule has 1 aliphatic heterocycles. The molecular weight excluding hydrogens is 445 g/mol. The molecule has 0 unspecified atom stereocenters. The molecule has 5 rings (SSSR count). The molecule has 0 saturated carbocycles. The first kappa shape index (κ1) is 22.4. The fraction of sp³-hybridized carbons (Fsp3) is 0.269. The number of benzene rings is 2. The summed E-state index contributed by atoms with van der Waals surface area (Å²) in [6.07, 6.45) is -1.99. The Morgan fingerprint density at radius 2 is 1.76 bits per heavy atom. The zero-order valence-corrected chi connectivity index (χ0v) is 18.2. The second-order valence-electron chi connectivity index (χ2n) is 8.41. The van der Waals surface area contributed by atoms with Crippen molar-refractivity contribution >= 4 is 10.9 Å². The fourth-order valence-corrected chi connectivity index (χ4v) is 4.76. The van der Waals surface area contributed by atoms with Gasteiger partial charge in [-0.2, -0.15) is 13.2 Å². The summed E-state index contributed by atoms with van der Waals surface area (Å²) in [4.78, 5) is 3.54. The Balaban J connectivity index is 1.86. The number of nitrogens with zero attached hydrogens (tertiary/aromatic N) is 2. The SMILES string of the molecule is OCc1ccc(-n2c(C3CCOCC3)c(-c3ccnc(C(F)(F)F)c3)c3cccc(O)c32)cc1. The number of aliphatic hydroxyl groups is 1. The molecule has 3 heterocycles. The van der Waals surface area contributed by atoms with Crippen molar-refractivity contribution in [2.45, 2.75) is 31.5 Å². The van der Waals surface area contributed by atoms with Gasteiger partial charge in [0.05, 0.1) is 12.1 Å². The maximum atomic E-state index is 13.5. The highest BCUT2D eigenvalue weighted by Crippen LogP contribution is 2.46. The van der Waals surface area contributed by atoms with Gasteiger partial charge < -0.3 is 19.5 Å². The first-order valence-electron chi connectivity index (χ1n) is 11.1. The van der Waals surface area contributed by atoms with Crippen molar-refractivity contribution in [1.29, 1.82) is 0 Å². The largest absolute Gasteiger partial charge is 0.506 e. The molecule has 0 spiro atoms. The van der Waals surface area contributed by atoms with Crippen LogP contribution in [0.3, 0.4) is 0 Å². The van der Waals surface area contributed by atoms with Crippen LogP contribution in [-0.2, 0) is 17.5 Å². The van der Waals surface area contributed by atoms with E-state index in [1.165, 1.54) is 6.20 Å². The molecule has 1 saturated heterocycles. The molecule has 176 valence electrons. The van der Waals surface area contributed by atoms with E-state index in [1.807, 2.05) is 22.8 Å². The van der Waals surface area contributed by atoms with Crippen LogP contribution in [0.4, 0.5) is 13.2 Å². The highest BCUT2D eigenvalue weighted by Gasteiger charge is 2.34. The standard InChI is InChI=1S/C26H23F3N2O3/c27-26(28,29)22-14-18(8-11-30-22)23-20-2-1-3-21(33)25(20)31(19-6-4-16(15-32)5-7-19)24(23)17-9-12-34-13-10-17/h1-8,11,14,17,32-33H,9-10,12-13,15H2. The summed E-state index contributed by atoms with van der Waals surface area (Å²) in [5.41, 5.74) is 2.93. The minimum absolute atomic E-state index is 0.00979. The molecule has 34 heavy (non-hydrogen) atoms. The molecule has 0 radical (unpaired) electrons. The van der Waals surface area contributed by atoms with Crippen LogP contribution in [0.5, 0.6) is 5.75 Å². The van der Waals surface area contributed by atoms with Gasteiger partial charge in [-0.05, 0) is 54.3 Å². The fourth-order valence-electron chi connectivity index (χ4n) is 4.76. The number of alkyl halides is 3. The number of fused-ring (bicyclic) bond motifs is 1. The van der Waals surface area contributed by atoms with Crippen LogP contribution >= 0.6 is 0 Å². The molecular formula is C26H23F3N2O3. The van der Waals surface area contributed by atoms with Gasteiger partial charge in [0.1, 0.15) is 11.4 Å². The minimum atomic E-state index is -4.57. The summed E-state index contributed by atoms with van der Waals surface area (Å²) in [6.45, 7) is 0.990. The van der Waals surface area contributed by atoms with Crippen molar-refractivity contribution in [2.75, 3.05) is 13.2 Å². The third kappa shape index (κ3) is 3.93. The number of hydrogen-bond donors (Lipinski definition) is 2. The van der Waals surface area contributed by atoms with E-state index in [0.717, 1.165) is 23.0 Å². The molecule has 0 aliphatic carbocycles. The van der Waals surface area contributed by atoms with Gasteiger partial charge >= 0.3 is 6.18 Å². The number of phenolic OH excluding ortho intramolecular Hbond substituents is 1. The maximum Gasteiger partial charge on any atom is 0.433 e. The Hall–Kier alpha value is -3.36. The van der Waals surface area contributed by atoms with Crippen LogP contribution in [0.15, 0.2) is 60.8 Å². The van der Waals surface area contributed by atoms with E-state index in [-0.39, 0.29) is 18.3 Å². The number of pyridine rings is 1. The molecule has 0 bridgehead atoms. The van der Waals surface area contributed by atoms with Crippen LogP contribution < -0.4 is 0 Å². The second kappa shape index (κ2) is 8.77. The number of phenols is 1. The van der Waals surface area contributed by atoms with Gasteiger partial charge in [0.25, 0.3) is 0 Å². The molecule has 0 atom stereocenters. The van der Waals surface area contributed by atoms with Crippen LogP contribution in [0.2, 0.25) is 0 Å². The highest BCUT2D eigenvalue weighted by atomic mass is 19.4. The smallest absolute Gasteiger partial charge is 0.433 e. The Morgan fingerprint density at radius 1 is 1.03 bits per heavy atom. The predicted octanol–water partition coefficient (Wildman–Crippen LogP) is 5.80. The summed E-state index contributed by atoms with van der Waals surface area (Å²) in [7, 11) is 0. The number of hydrogen-bond acceptors (Lipinski definition) is 4. The van der Waals surface area contributed by atoms with Gasteiger partial charge in [-0.15, -0.1) is 0 Å². The zero-order valence-electron chi connectivity index (χ0n) is 18.2. The summed E-state index contributed by atoms with van der Waals surface area (Å²) < 4.78 is 48.0. The number of aromatic hydroxyl groups is 1. The maximum absolute atomic E-state index is 13.5. The average molecular weight is 468 g/mol. The van der Waals surface area contributed by atoms with Crippen LogP contribution in [0.25, 0.3) is 27.7 Å². The van der Waals surface area contributed by atoms with Crippen molar-refractivity contribution in [1.82, 2.24) is 9.55 Å². The van der Waals surface area contributed by atoms with Crippen LogP contribution in [0.1, 0.15) is 35.7 Å². The normalized spacial score (nSPS) is 15.2. The molecule has 2 aromatic heterocycles. The van der Waals surface area contributed by atoms with Gasteiger partial charge in [-0.25, -0.2) is 0 Å². The van der Waals surface area contributed by atoms with Crippen LogP contribution in [-0.4, -0.2) is 33.0 Å². The topological polar surface area (TPSA) is 67.5 Å². The van der Waals surface area contributed by atoms with Gasteiger partial charge in [0.15, 0.2) is 0 Å². The summed E-state index contributed by atoms with van der Waals surface area (Å²) in [5.74, 6) is 0.0453. The monoisotopic (exact) mass is 468 g/mol. The third-order valence-corrected chi connectivity index (χ3v) is 6.33. The summed E-state index contributed by atoms with van der Waals surface area (Å²) in [5, 5.41) is 21.0. The molecule has 8 heteroatoms. The second-order valence-corrected chi connectivity index (χ2v) is 8.41. The lowest BCUT2D eigenvalue weighted by molar-refractivity contribution is -0.141. The third-order valence-electron chi connectivity index (χ3n) is 6.33. The number of rotatable bonds is 4. The number of para-hydroxylation sites is 1. The number of aliphatic hydroxyl groups excluding tert-OH is 1. The molecule has 1 aliphatic rings. The van der Waals surface area contributed by atoms with Gasteiger partial charge in [0, 0.05) is 47.7 Å². The van der Waals surface area contributed by atoms with Gasteiger partial charge in [0.2, 0.25) is 0 Å². The van der Waals surface area contributed by atoms with E-state index in [2.05, 4.69) is 4.98 Å². The van der Waals surface area contributed by atoms with Crippen molar-refractivity contribution in [3.8, 4) is 22.6 Å². The average Bonchev–Trinajstić information content (AvgIpc) is 3.21. The number of halogens is 3. The van der Waals surface area contributed by atoms with Crippen molar-refractivity contribution in [3.63, 3.8) is 0 Å². The first-order valence-corrected chi connectivity index (χ1v) is 11.1. The van der Waals surface area contributed by atoms with E-state index in [9.17, 15) is 23.4 Å². The minimum Gasteiger partial charge on any atom is -0.506 e. The first-order chi connectivity index (χ1) is 16.4. The Morgan fingerprint density at radius 3 is 2.44 bits per heavy atom. The Labute approximate surface area is 194 Å². The van der Waals surface area contributed by atoms with Gasteiger partial charge in [-0.3, -0.25) is 4.98 Å². The lowest BCUT2D eigenvalue weighted by Crippen LogP contribution is -2.17. The Kier molecular flexibility index (Phi) is 5.79. The summed E-state index contributed by atoms with van der Waals surface area (Å²) in [6, 6.07) is 15.0. The summed E-state index contributed by atoms with van der Waals surface area (Å²) >= 11 is 0. The van der Waals surface area contributed by atoms with Crippen LogP contribution in [0, 0.1) is 0 Å². The van der Waals surface area contributed by atoms with Crippen molar-refractivity contribution < 1.29 is 28.1 Å². The molecule has 2 aromatic carbocycles. The highest BCUT2D eigenvalue weighted by molar-refractivity contribution is 6.02. The predicted molar refractivity (Wildman–Crippen MR) is 122 cm³/mol. The van der Waals surface area contributed by atoms with Gasteiger partial charge in [-0.1, -0.05) is 24.3 Å². The Bertz CT molecular complexity index is 1320. The number of ether oxygens (including phenoxy) is 1. The molecule has 0 amide bonds. The van der Waals surface area contributed by atoms with Crippen molar-refractivity contribution in [2.24, 2.45) is 0 Å². The van der Waals surface area contributed by atoms with E-state index in [4.69, 9.17) is 4.74 Å².